The Morgan fingerprint density at radius 3 is 2.39 bits per heavy atom. The number of fused-ring (bicyclic) bond motifs is 1. The van der Waals surface area contributed by atoms with Crippen LogP contribution in [0.15, 0.2) is 66.7 Å². The number of rotatable bonds is 4. The molecule has 1 heterocycles. The van der Waals surface area contributed by atoms with Gasteiger partial charge < -0.3 is 9.47 Å². The van der Waals surface area contributed by atoms with Crippen LogP contribution in [-0.2, 0) is 4.74 Å². The molecule has 7 nitrogen and oxygen atoms in total. The Balaban J connectivity index is 1.89. The Hall–Kier alpha value is -3.13. The smallest absolute Gasteiger partial charge is 0.269 e. The zero-order valence-corrected chi connectivity index (χ0v) is 17.7. The minimum atomic E-state index is -0.841. The standard InChI is InChI=1S/C22H16Cl2N2O5/c1-30-22-19(13-5-3-2-4-6-13)25(20-17(24)11-15(23)12-18(20)31-22)21(27)14-7-9-16(10-8-14)26(28)29/h2-12,19,22H,1H3. The van der Waals surface area contributed by atoms with Gasteiger partial charge in [-0.25, -0.2) is 0 Å². The molecule has 0 radical (unpaired) electrons. The first-order chi connectivity index (χ1) is 14.9. The summed E-state index contributed by atoms with van der Waals surface area (Å²) in [5.74, 6) is -0.119. The minimum absolute atomic E-state index is 0.113. The van der Waals surface area contributed by atoms with E-state index in [-0.39, 0.29) is 16.3 Å². The molecule has 0 aliphatic carbocycles. The van der Waals surface area contributed by atoms with E-state index in [0.29, 0.717) is 16.5 Å². The zero-order chi connectivity index (χ0) is 22.1. The highest BCUT2D eigenvalue weighted by Gasteiger charge is 2.42. The number of benzene rings is 3. The third kappa shape index (κ3) is 3.95. The summed E-state index contributed by atoms with van der Waals surface area (Å²) < 4.78 is 11.6. The average Bonchev–Trinajstić information content (AvgIpc) is 2.77. The number of hydrogen-bond donors (Lipinski definition) is 0. The summed E-state index contributed by atoms with van der Waals surface area (Å²) in [5, 5.41) is 11.6. The number of ether oxygens (including phenoxy) is 2. The second-order valence-electron chi connectivity index (χ2n) is 6.79. The number of methoxy groups -OCH3 is 1. The number of hydrogen-bond acceptors (Lipinski definition) is 5. The summed E-state index contributed by atoms with van der Waals surface area (Å²) in [7, 11) is 1.48. The van der Waals surface area contributed by atoms with Crippen LogP contribution < -0.4 is 9.64 Å². The molecule has 0 fully saturated rings. The molecule has 3 aromatic rings. The van der Waals surface area contributed by atoms with Gasteiger partial charge in [0.15, 0.2) is 0 Å². The fraction of sp³-hybridized carbons (Fsp3) is 0.136. The lowest BCUT2D eigenvalue weighted by atomic mass is 10.00. The van der Waals surface area contributed by atoms with E-state index in [1.165, 1.54) is 42.3 Å². The molecular weight excluding hydrogens is 443 g/mol. The van der Waals surface area contributed by atoms with E-state index >= 15 is 0 Å². The van der Waals surface area contributed by atoms with Crippen LogP contribution in [0.1, 0.15) is 22.0 Å². The number of non-ortho nitro benzene ring substituents is 1. The normalized spacial score (nSPS) is 17.6. The van der Waals surface area contributed by atoms with Crippen LogP contribution in [-0.4, -0.2) is 24.2 Å². The maximum atomic E-state index is 13.7. The third-order valence-electron chi connectivity index (χ3n) is 4.93. The first kappa shape index (κ1) is 21.1. The number of anilines is 1. The van der Waals surface area contributed by atoms with Gasteiger partial charge in [-0.05, 0) is 23.8 Å². The molecule has 0 saturated heterocycles. The highest BCUT2D eigenvalue weighted by Crippen LogP contribution is 2.48. The van der Waals surface area contributed by atoms with E-state index < -0.39 is 23.2 Å². The molecule has 0 spiro atoms. The summed E-state index contributed by atoms with van der Waals surface area (Å²) in [6.45, 7) is 0. The van der Waals surface area contributed by atoms with Crippen LogP contribution in [0.2, 0.25) is 10.0 Å². The van der Waals surface area contributed by atoms with Gasteiger partial charge in [0.1, 0.15) is 17.5 Å². The first-order valence-corrected chi connectivity index (χ1v) is 9.97. The zero-order valence-electron chi connectivity index (χ0n) is 16.2. The fourth-order valence-electron chi connectivity index (χ4n) is 3.54. The predicted molar refractivity (Wildman–Crippen MR) is 117 cm³/mol. The van der Waals surface area contributed by atoms with Crippen LogP contribution in [0, 0.1) is 10.1 Å². The van der Waals surface area contributed by atoms with Crippen LogP contribution in [0.3, 0.4) is 0 Å². The molecule has 3 aromatic carbocycles. The topological polar surface area (TPSA) is 81.9 Å². The minimum Gasteiger partial charge on any atom is -0.460 e. The molecule has 2 unspecified atom stereocenters. The molecule has 2 atom stereocenters. The van der Waals surface area contributed by atoms with Crippen molar-refractivity contribution in [2.75, 3.05) is 12.0 Å². The van der Waals surface area contributed by atoms with Crippen molar-refractivity contribution in [3.8, 4) is 5.75 Å². The summed E-state index contributed by atoms with van der Waals surface area (Å²) in [4.78, 5) is 25.6. The number of nitro benzene ring substituents is 1. The van der Waals surface area contributed by atoms with Gasteiger partial charge in [-0.3, -0.25) is 19.8 Å². The van der Waals surface area contributed by atoms with Crippen molar-refractivity contribution in [2.24, 2.45) is 0 Å². The highest BCUT2D eigenvalue weighted by molar-refractivity contribution is 6.37. The highest BCUT2D eigenvalue weighted by atomic mass is 35.5. The third-order valence-corrected chi connectivity index (χ3v) is 5.44. The predicted octanol–water partition coefficient (Wildman–Crippen LogP) is 5.65. The van der Waals surface area contributed by atoms with Crippen molar-refractivity contribution in [1.82, 2.24) is 0 Å². The Morgan fingerprint density at radius 2 is 1.77 bits per heavy atom. The molecule has 1 aliphatic rings. The number of halogens is 2. The van der Waals surface area contributed by atoms with Crippen molar-refractivity contribution in [1.29, 1.82) is 0 Å². The first-order valence-electron chi connectivity index (χ1n) is 9.22. The van der Waals surface area contributed by atoms with Gasteiger partial charge in [-0.2, -0.15) is 0 Å². The summed E-state index contributed by atoms with van der Waals surface area (Å²) in [6.07, 6.45) is -0.841. The van der Waals surface area contributed by atoms with E-state index in [1.54, 1.807) is 6.07 Å². The number of amides is 1. The van der Waals surface area contributed by atoms with E-state index in [0.717, 1.165) is 5.56 Å². The van der Waals surface area contributed by atoms with Gasteiger partial charge in [0, 0.05) is 35.9 Å². The van der Waals surface area contributed by atoms with Gasteiger partial charge in [0.25, 0.3) is 11.6 Å². The molecule has 4 rings (SSSR count). The van der Waals surface area contributed by atoms with Gasteiger partial charge in [-0.1, -0.05) is 53.5 Å². The fourth-order valence-corrected chi connectivity index (χ4v) is 4.11. The van der Waals surface area contributed by atoms with Crippen molar-refractivity contribution >= 4 is 40.5 Å². The molecule has 9 heteroatoms. The second-order valence-corrected chi connectivity index (χ2v) is 7.63. The van der Waals surface area contributed by atoms with E-state index in [9.17, 15) is 14.9 Å². The SMILES string of the molecule is COC1Oc2cc(Cl)cc(Cl)c2N(C(=O)c2ccc([N+](=O)[O-])cc2)C1c1ccccc1. The summed E-state index contributed by atoms with van der Waals surface area (Å²) in [6, 6.07) is 17.0. The second kappa shape index (κ2) is 8.55. The average molecular weight is 459 g/mol. The largest absolute Gasteiger partial charge is 0.460 e. The monoisotopic (exact) mass is 458 g/mol. The molecule has 1 aliphatic heterocycles. The molecule has 0 bridgehead atoms. The molecule has 1 amide bonds. The Kier molecular flexibility index (Phi) is 5.82. The molecule has 0 N–H and O–H groups in total. The number of nitrogens with zero attached hydrogens (tertiary/aromatic N) is 2. The van der Waals surface area contributed by atoms with Crippen LogP contribution in [0.25, 0.3) is 0 Å². The molecule has 31 heavy (non-hydrogen) atoms. The van der Waals surface area contributed by atoms with Gasteiger partial charge in [-0.15, -0.1) is 0 Å². The van der Waals surface area contributed by atoms with Crippen molar-refractivity contribution in [3.63, 3.8) is 0 Å². The van der Waals surface area contributed by atoms with Gasteiger partial charge in [0.2, 0.25) is 6.29 Å². The Morgan fingerprint density at radius 1 is 1.10 bits per heavy atom. The number of nitro groups is 1. The number of carbonyl (C=O) groups excluding carboxylic acids is 1. The Bertz CT molecular complexity index is 1140. The van der Waals surface area contributed by atoms with Crippen molar-refractivity contribution < 1.29 is 19.2 Å². The Labute approximate surface area is 187 Å². The maximum Gasteiger partial charge on any atom is 0.269 e. The van der Waals surface area contributed by atoms with Crippen molar-refractivity contribution in [2.45, 2.75) is 12.3 Å². The maximum absolute atomic E-state index is 13.7. The van der Waals surface area contributed by atoms with E-state index in [2.05, 4.69) is 0 Å². The molecular formula is C22H16Cl2N2O5. The lowest BCUT2D eigenvalue weighted by Gasteiger charge is -2.42. The summed E-state index contributed by atoms with van der Waals surface area (Å²) in [5.41, 5.74) is 1.25. The van der Waals surface area contributed by atoms with Crippen LogP contribution in [0.4, 0.5) is 11.4 Å². The van der Waals surface area contributed by atoms with E-state index in [1.807, 2.05) is 30.3 Å². The lowest BCUT2D eigenvalue weighted by Crippen LogP contribution is -2.47. The quantitative estimate of drug-likeness (QED) is 0.372. The van der Waals surface area contributed by atoms with E-state index in [4.69, 9.17) is 32.7 Å². The number of carbonyl (C=O) groups is 1. The van der Waals surface area contributed by atoms with Crippen LogP contribution in [0.5, 0.6) is 5.75 Å². The van der Waals surface area contributed by atoms with Gasteiger partial charge >= 0.3 is 0 Å². The van der Waals surface area contributed by atoms with Gasteiger partial charge in [0.05, 0.1) is 9.95 Å². The van der Waals surface area contributed by atoms with Crippen molar-refractivity contribution in [3.05, 3.63) is 98.0 Å². The summed E-state index contributed by atoms with van der Waals surface area (Å²) >= 11 is 12.6. The molecule has 0 saturated carbocycles. The molecule has 158 valence electrons. The van der Waals surface area contributed by atoms with Crippen LogP contribution >= 0.6 is 23.2 Å². The lowest BCUT2D eigenvalue weighted by molar-refractivity contribution is -0.384. The molecule has 0 aromatic heterocycles.